The zero-order chi connectivity index (χ0) is 15.7. The molecule has 6 heteroatoms. The Balaban J connectivity index is 2.26. The van der Waals surface area contributed by atoms with Crippen LogP contribution in [-0.4, -0.2) is 49.2 Å². The number of carbonyl (C=O) groups is 2. The second-order valence-electron chi connectivity index (χ2n) is 5.16. The van der Waals surface area contributed by atoms with Crippen LogP contribution in [0.25, 0.3) is 0 Å². The third-order valence-corrected chi connectivity index (χ3v) is 2.88. The summed E-state index contributed by atoms with van der Waals surface area (Å²) in [5.41, 5.74) is 1.35. The molecule has 0 bridgehead atoms. The van der Waals surface area contributed by atoms with Crippen LogP contribution in [0.4, 0.5) is 10.5 Å². The number of carboxylic acid groups (broad SMARTS) is 1. The van der Waals surface area contributed by atoms with Crippen LogP contribution in [0.15, 0.2) is 24.3 Å². The highest BCUT2D eigenvalue weighted by Gasteiger charge is 2.03. The van der Waals surface area contributed by atoms with Gasteiger partial charge in [-0.3, -0.25) is 4.79 Å². The lowest BCUT2D eigenvalue weighted by atomic mass is 10.1. The molecule has 0 aliphatic rings. The normalized spacial score (nSPS) is 10.4. The molecule has 3 N–H and O–H groups in total. The molecule has 21 heavy (non-hydrogen) atoms. The van der Waals surface area contributed by atoms with E-state index in [1.54, 1.807) is 24.3 Å². The number of anilines is 1. The van der Waals surface area contributed by atoms with E-state index in [2.05, 4.69) is 15.5 Å². The summed E-state index contributed by atoms with van der Waals surface area (Å²) in [6.07, 6.45) is 1.96. The maximum absolute atomic E-state index is 11.6. The number of hydrogen-bond donors (Lipinski definition) is 3. The summed E-state index contributed by atoms with van der Waals surface area (Å²) >= 11 is 0. The zero-order valence-electron chi connectivity index (χ0n) is 12.6. The summed E-state index contributed by atoms with van der Waals surface area (Å²) in [4.78, 5) is 24.3. The van der Waals surface area contributed by atoms with Crippen molar-refractivity contribution < 1.29 is 14.7 Å². The summed E-state index contributed by atoms with van der Waals surface area (Å²) in [6.45, 7) is 1.64. The lowest BCUT2D eigenvalue weighted by molar-refractivity contribution is -0.136. The van der Waals surface area contributed by atoms with Crippen molar-refractivity contribution in [2.24, 2.45) is 0 Å². The van der Waals surface area contributed by atoms with E-state index in [0.29, 0.717) is 17.8 Å². The standard InChI is InChI=1S/C15H23N3O3/c1-18(2)10-4-3-9-16-15(21)17-13-7-5-12(6-8-13)11-14(19)20/h5-8H,3-4,9-11H2,1-2H3,(H,19,20)(H2,16,17,21). The Morgan fingerprint density at radius 2 is 1.81 bits per heavy atom. The van der Waals surface area contributed by atoms with Crippen LogP contribution in [-0.2, 0) is 11.2 Å². The van der Waals surface area contributed by atoms with Gasteiger partial charge in [0.15, 0.2) is 0 Å². The maximum Gasteiger partial charge on any atom is 0.319 e. The second kappa shape index (κ2) is 8.97. The van der Waals surface area contributed by atoms with Crippen molar-refractivity contribution in [1.29, 1.82) is 0 Å². The Labute approximate surface area is 125 Å². The van der Waals surface area contributed by atoms with Gasteiger partial charge in [0.2, 0.25) is 0 Å². The second-order valence-corrected chi connectivity index (χ2v) is 5.16. The smallest absolute Gasteiger partial charge is 0.319 e. The van der Waals surface area contributed by atoms with Gasteiger partial charge < -0.3 is 20.6 Å². The van der Waals surface area contributed by atoms with Crippen LogP contribution in [0.2, 0.25) is 0 Å². The monoisotopic (exact) mass is 293 g/mol. The molecule has 6 nitrogen and oxygen atoms in total. The molecule has 0 radical (unpaired) electrons. The highest BCUT2D eigenvalue weighted by Crippen LogP contribution is 2.09. The quantitative estimate of drug-likeness (QED) is 0.638. The first kappa shape index (κ1) is 17.0. The Morgan fingerprint density at radius 3 is 2.38 bits per heavy atom. The number of amides is 2. The number of carboxylic acids is 1. The van der Waals surface area contributed by atoms with E-state index >= 15 is 0 Å². The van der Waals surface area contributed by atoms with E-state index in [1.807, 2.05) is 14.1 Å². The van der Waals surface area contributed by atoms with Crippen molar-refractivity contribution >= 4 is 17.7 Å². The van der Waals surface area contributed by atoms with E-state index < -0.39 is 5.97 Å². The molecule has 0 heterocycles. The number of unbranched alkanes of at least 4 members (excludes halogenated alkanes) is 1. The number of aliphatic carboxylic acids is 1. The van der Waals surface area contributed by atoms with Crippen LogP contribution in [0.5, 0.6) is 0 Å². The largest absolute Gasteiger partial charge is 0.481 e. The van der Waals surface area contributed by atoms with Crippen molar-refractivity contribution in [1.82, 2.24) is 10.2 Å². The lowest BCUT2D eigenvalue weighted by Gasteiger charge is -2.10. The third-order valence-electron chi connectivity index (χ3n) is 2.88. The van der Waals surface area contributed by atoms with Crippen molar-refractivity contribution in [2.45, 2.75) is 19.3 Å². The van der Waals surface area contributed by atoms with Crippen molar-refractivity contribution in [3.63, 3.8) is 0 Å². The molecule has 0 aromatic heterocycles. The fraction of sp³-hybridized carbons (Fsp3) is 0.467. The molecule has 1 aromatic carbocycles. The predicted molar refractivity (Wildman–Crippen MR) is 82.6 cm³/mol. The third kappa shape index (κ3) is 7.94. The van der Waals surface area contributed by atoms with Gasteiger partial charge in [-0.1, -0.05) is 12.1 Å². The number of nitrogens with zero attached hydrogens (tertiary/aromatic N) is 1. The molecule has 0 aliphatic heterocycles. The minimum atomic E-state index is -0.869. The summed E-state index contributed by atoms with van der Waals surface area (Å²) in [5.74, 6) is -0.869. The molecule has 0 atom stereocenters. The van der Waals surface area contributed by atoms with E-state index in [0.717, 1.165) is 19.4 Å². The van der Waals surface area contributed by atoms with Crippen molar-refractivity contribution in [3.05, 3.63) is 29.8 Å². The van der Waals surface area contributed by atoms with E-state index in [4.69, 9.17) is 5.11 Å². The molecule has 0 spiro atoms. The summed E-state index contributed by atoms with van der Waals surface area (Å²) in [7, 11) is 4.04. The topological polar surface area (TPSA) is 81.7 Å². The van der Waals surface area contributed by atoms with Gasteiger partial charge in [-0.15, -0.1) is 0 Å². The molecule has 0 saturated heterocycles. The first-order valence-electron chi connectivity index (χ1n) is 6.97. The Hall–Kier alpha value is -2.08. The summed E-state index contributed by atoms with van der Waals surface area (Å²) in [6, 6.07) is 6.54. The summed E-state index contributed by atoms with van der Waals surface area (Å²) < 4.78 is 0. The minimum absolute atomic E-state index is 0.0155. The van der Waals surface area contributed by atoms with Crippen LogP contribution in [0, 0.1) is 0 Å². The van der Waals surface area contributed by atoms with E-state index in [1.165, 1.54) is 0 Å². The van der Waals surface area contributed by atoms with Gasteiger partial charge in [0.1, 0.15) is 0 Å². The zero-order valence-corrected chi connectivity index (χ0v) is 12.6. The molecule has 2 amide bonds. The Bertz CT molecular complexity index is 458. The predicted octanol–water partition coefficient (Wildman–Crippen LogP) is 1.78. The molecule has 0 unspecified atom stereocenters. The van der Waals surface area contributed by atoms with Gasteiger partial charge in [0.05, 0.1) is 6.42 Å². The molecule has 1 aromatic rings. The Kier molecular flexibility index (Phi) is 7.25. The first-order chi connectivity index (χ1) is 9.97. The van der Waals surface area contributed by atoms with Gasteiger partial charge in [-0.25, -0.2) is 4.79 Å². The summed E-state index contributed by atoms with van der Waals surface area (Å²) in [5, 5.41) is 14.2. The SMILES string of the molecule is CN(C)CCCCNC(=O)Nc1ccc(CC(=O)O)cc1. The molecule has 0 saturated carbocycles. The van der Waals surface area contributed by atoms with Gasteiger partial charge in [0.25, 0.3) is 0 Å². The van der Waals surface area contributed by atoms with E-state index in [-0.39, 0.29) is 12.5 Å². The fourth-order valence-electron chi connectivity index (χ4n) is 1.81. The Morgan fingerprint density at radius 1 is 1.14 bits per heavy atom. The molecular weight excluding hydrogens is 270 g/mol. The number of urea groups is 1. The number of hydrogen-bond acceptors (Lipinski definition) is 3. The van der Waals surface area contributed by atoms with E-state index in [9.17, 15) is 9.59 Å². The number of carbonyl (C=O) groups excluding carboxylic acids is 1. The van der Waals surface area contributed by atoms with Gasteiger partial charge in [-0.2, -0.15) is 0 Å². The van der Waals surface area contributed by atoms with Crippen LogP contribution in [0.1, 0.15) is 18.4 Å². The van der Waals surface area contributed by atoms with Gasteiger partial charge in [-0.05, 0) is 51.2 Å². The van der Waals surface area contributed by atoms with Gasteiger partial charge in [0, 0.05) is 12.2 Å². The highest BCUT2D eigenvalue weighted by molar-refractivity contribution is 5.89. The molecule has 1 rings (SSSR count). The number of rotatable bonds is 8. The fourth-order valence-corrected chi connectivity index (χ4v) is 1.81. The lowest BCUT2D eigenvalue weighted by Crippen LogP contribution is -2.29. The van der Waals surface area contributed by atoms with Gasteiger partial charge >= 0.3 is 12.0 Å². The van der Waals surface area contributed by atoms with Crippen LogP contribution in [0.3, 0.4) is 0 Å². The molecular formula is C15H23N3O3. The average molecular weight is 293 g/mol. The highest BCUT2D eigenvalue weighted by atomic mass is 16.4. The molecule has 0 aliphatic carbocycles. The van der Waals surface area contributed by atoms with Crippen LogP contribution >= 0.6 is 0 Å². The number of benzene rings is 1. The van der Waals surface area contributed by atoms with Crippen LogP contribution < -0.4 is 10.6 Å². The molecule has 116 valence electrons. The van der Waals surface area contributed by atoms with Crippen molar-refractivity contribution in [2.75, 3.05) is 32.5 Å². The van der Waals surface area contributed by atoms with Crippen molar-refractivity contribution in [3.8, 4) is 0 Å². The first-order valence-corrected chi connectivity index (χ1v) is 6.97. The average Bonchev–Trinajstić information content (AvgIpc) is 2.39. The minimum Gasteiger partial charge on any atom is -0.481 e. The number of nitrogens with one attached hydrogen (secondary N) is 2. The molecule has 0 fully saturated rings. The maximum atomic E-state index is 11.6.